The first-order valence-corrected chi connectivity index (χ1v) is 11.9. The molecule has 0 spiro atoms. The normalized spacial score (nSPS) is 20.0. The van der Waals surface area contributed by atoms with Gasteiger partial charge in [0.25, 0.3) is 0 Å². The Balaban J connectivity index is 1.75. The number of rotatable bonds is 2. The minimum Gasteiger partial charge on any atom is -0.357 e. The fourth-order valence-corrected chi connectivity index (χ4v) is 5.32. The molecule has 2 aliphatic rings. The van der Waals surface area contributed by atoms with E-state index in [4.69, 9.17) is 0 Å². The van der Waals surface area contributed by atoms with E-state index >= 15 is 0 Å². The topological polar surface area (TPSA) is 49.4 Å². The van der Waals surface area contributed by atoms with Crippen molar-refractivity contribution < 1.29 is 22.8 Å². The molecule has 35 heavy (non-hydrogen) atoms. The van der Waals surface area contributed by atoms with Crippen LogP contribution >= 0.6 is 15.9 Å². The summed E-state index contributed by atoms with van der Waals surface area (Å²) in [6.45, 7) is 0. The number of para-hydroxylation sites is 2. The van der Waals surface area contributed by atoms with Gasteiger partial charge in [-0.3, -0.25) is 14.5 Å². The van der Waals surface area contributed by atoms with Crippen LogP contribution in [0.5, 0.6) is 0 Å². The number of carbonyl (C=O) groups is 2. The van der Waals surface area contributed by atoms with Crippen molar-refractivity contribution in [2.24, 2.45) is 0 Å². The van der Waals surface area contributed by atoms with E-state index in [9.17, 15) is 22.8 Å². The SMILES string of the molecule is O=C1C[C@@H](c2ccccc2)CC2=C1[C@@H](c1cccc(Br)c1)N(C(=O)C(F)(F)F)c1ccccc1N2. The highest BCUT2D eigenvalue weighted by atomic mass is 79.9. The van der Waals surface area contributed by atoms with Gasteiger partial charge in [0.2, 0.25) is 0 Å². The lowest BCUT2D eigenvalue weighted by molar-refractivity contribution is -0.170. The van der Waals surface area contributed by atoms with Crippen LogP contribution in [-0.2, 0) is 9.59 Å². The van der Waals surface area contributed by atoms with Crippen LogP contribution in [0.3, 0.4) is 0 Å². The smallest absolute Gasteiger partial charge is 0.357 e. The first-order chi connectivity index (χ1) is 16.7. The maximum atomic E-state index is 13.9. The van der Waals surface area contributed by atoms with Gasteiger partial charge in [0.1, 0.15) is 0 Å². The van der Waals surface area contributed by atoms with Crippen molar-refractivity contribution in [2.75, 3.05) is 10.2 Å². The molecular formula is C27H20BrF3N2O2. The molecule has 0 saturated carbocycles. The van der Waals surface area contributed by atoms with Crippen molar-refractivity contribution in [2.45, 2.75) is 31.0 Å². The summed E-state index contributed by atoms with van der Waals surface area (Å²) in [4.78, 5) is 27.3. The van der Waals surface area contributed by atoms with Crippen molar-refractivity contribution in [1.82, 2.24) is 0 Å². The number of allylic oxidation sites excluding steroid dienone is 1. The first kappa shape index (κ1) is 23.4. The van der Waals surface area contributed by atoms with E-state index in [1.807, 2.05) is 30.3 Å². The highest BCUT2D eigenvalue weighted by Gasteiger charge is 2.49. The zero-order valence-corrected chi connectivity index (χ0v) is 19.9. The highest BCUT2D eigenvalue weighted by molar-refractivity contribution is 9.10. The van der Waals surface area contributed by atoms with E-state index in [2.05, 4.69) is 21.2 Å². The fourth-order valence-electron chi connectivity index (χ4n) is 4.90. The van der Waals surface area contributed by atoms with E-state index in [-0.39, 0.29) is 29.4 Å². The fraction of sp³-hybridized carbons (Fsp3) is 0.185. The molecule has 178 valence electrons. The molecule has 4 nitrogen and oxygen atoms in total. The molecule has 0 radical (unpaired) electrons. The van der Waals surface area contributed by atoms with Crippen LogP contribution in [0.15, 0.2) is 94.6 Å². The Labute approximate surface area is 208 Å². The zero-order chi connectivity index (χ0) is 24.7. The third-order valence-corrected chi connectivity index (χ3v) is 6.88. The van der Waals surface area contributed by atoms with Crippen LogP contribution in [0, 0.1) is 0 Å². The van der Waals surface area contributed by atoms with Gasteiger partial charge in [-0.2, -0.15) is 13.2 Å². The van der Waals surface area contributed by atoms with Gasteiger partial charge < -0.3 is 5.32 Å². The number of hydrogen-bond acceptors (Lipinski definition) is 3. The molecule has 0 saturated heterocycles. The maximum Gasteiger partial charge on any atom is 0.471 e. The number of nitrogens with one attached hydrogen (secondary N) is 1. The quantitative estimate of drug-likeness (QED) is 0.384. The second-order valence-corrected chi connectivity index (χ2v) is 9.52. The predicted octanol–water partition coefficient (Wildman–Crippen LogP) is 6.91. The first-order valence-electron chi connectivity index (χ1n) is 11.1. The monoisotopic (exact) mass is 540 g/mol. The number of benzene rings is 3. The minimum absolute atomic E-state index is 0.0678. The number of amides is 1. The van der Waals surface area contributed by atoms with E-state index in [0.717, 1.165) is 5.56 Å². The molecule has 1 aliphatic heterocycles. The number of halogens is 4. The van der Waals surface area contributed by atoms with Crippen LogP contribution in [0.1, 0.15) is 35.9 Å². The molecule has 0 fully saturated rings. The van der Waals surface area contributed by atoms with Gasteiger partial charge >= 0.3 is 12.1 Å². The minimum atomic E-state index is -5.13. The van der Waals surface area contributed by atoms with E-state index in [1.54, 1.807) is 42.5 Å². The van der Waals surface area contributed by atoms with Crippen LogP contribution in [0.2, 0.25) is 0 Å². The van der Waals surface area contributed by atoms with Gasteiger partial charge in [0.15, 0.2) is 5.78 Å². The predicted molar refractivity (Wildman–Crippen MR) is 131 cm³/mol. The summed E-state index contributed by atoms with van der Waals surface area (Å²) < 4.78 is 42.4. The molecule has 3 aromatic rings. The Bertz CT molecular complexity index is 1340. The summed E-state index contributed by atoms with van der Waals surface area (Å²) in [5.74, 6) is -2.44. The van der Waals surface area contributed by atoms with Crippen molar-refractivity contribution in [3.8, 4) is 0 Å². The zero-order valence-electron chi connectivity index (χ0n) is 18.4. The van der Waals surface area contributed by atoms with Crippen molar-refractivity contribution in [3.05, 3.63) is 106 Å². The van der Waals surface area contributed by atoms with Crippen LogP contribution in [0.25, 0.3) is 0 Å². The summed E-state index contributed by atoms with van der Waals surface area (Å²) >= 11 is 3.38. The number of nitrogens with zero attached hydrogens (tertiary/aromatic N) is 1. The Morgan fingerprint density at radius 3 is 2.31 bits per heavy atom. The number of ketones is 1. The van der Waals surface area contributed by atoms with Gasteiger partial charge in [-0.05, 0) is 47.7 Å². The number of alkyl halides is 3. The standard InChI is InChI=1S/C27H20BrF3N2O2/c28-19-10-6-9-17(13-19)25-24-21(14-18(15-23(24)34)16-7-2-1-3-8-16)32-20-11-4-5-12-22(20)33(25)26(35)27(29,30)31/h1-13,18,25,32H,14-15H2/t18-,25+/m0/s1. The summed E-state index contributed by atoms with van der Waals surface area (Å²) in [5, 5.41) is 3.23. The van der Waals surface area contributed by atoms with Gasteiger partial charge in [0, 0.05) is 22.2 Å². The van der Waals surface area contributed by atoms with Gasteiger partial charge in [-0.15, -0.1) is 0 Å². The molecule has 3 aromatic carbocycles. The average molecular weight is 541 g/mol. The molecule has 1 N–H and O–H groups in total. The van der Waals surface area contributed by atoms with Crippen molar-refractivity contribution in [3.63, 3.8) is 0 Å². The third-order valence-electron chi connectivity index (χ3n) is 6.39. The Hall–Kier alpha value is -3.39. The lowest BCUT2D eigenvalue weighted by atomic mass is 9.78. The molecule has 2 atom stereocenters. The molecular weight excluding hydrogens is 521 g/mol. The molecule has 0 bridgehead atoms. The molecule has 1 amide bonds. The van der Waals surface area contributed by atoms with Crippen LogP contribution in [0.4, 0.5) is 24.5 Å². The lowest BCUT2D eigenvalue weighted by Crippen LogP contribution is -2.45. The summed E-state index contributed by atoms with van der Waals surface area (Å²) in [6.07, 6.45) is -4.57. The lowest BCUT2D eigenvalue weighted by Gasteiger charge is -2.35. The summed E-state index contributed by atoms with van der Waals surface area (Å²) in [5.41, 5.74) is 2.52. The molecule has 8 heteroatoms. The molecule has 0 unspecified atom stereocenters. The molecule has 5 rings (SSSR count). The van der Waals surface area contributed by atoms with Crippen molar-refractivity contribution in [1.29, 1.82) is 0 Å². The maximum absolute atomic E-state index is 13.9. The van der Waals surface area contributed by atoms with Gasteiger partial charge in [-0.1, -0.05) is 70.5 Å². The number of fused-ring (bicyclic) bond motifs is 1. The molecule has 1 heterocycles. The van der Waals surface area contributed by atoms with Crippen LogP contribution < -0.4 is 10.2 Å². The number of Topliss-reactive ketones (excluding diaryl/α,β-unsaturated/α-hetero) is 1. The highest BCUT2D eigenvalue weighted by Crippen LogP contribution is 2.48. The summed E-state index contributed by atoms with van der Waals surface area (Å²) in [6, 6.07) is 21.4. The Kier molecular flexibility index (Phi) is 6.01. The largest absolute Gasteiger partial charge is 0.471 e. The molecule has 0 aromatic heterocycles. The number of anilines is 2. The third kappa shape index (κ3) is 4.38. The van der Waals surface area contributed by atoms with E-state index in [0.29, 0.717) is 32.7 Å². The number of hydrogen-bond donors (Lipinski definition) is 1. The second kappa shape index (κ2) is 9.00. The Morgan fingerprint density at radius 2 is 1.60 bits per heavy atom. The van der Waals surface area contributed by atoms with Crippen LogP contribution in [-0.4, -0.2) is 17.9 Å². The average Bonchev–Trinajstić information content (AvgIpc) is 2.98. The number of carbonyl (C=O) groups excluding carboxylic acids is 2. The van der Waals surface area contributed by atoms with E-state index in [1.165, 1.54) is 6.07 Å². The van der Waals surface area contributed by atoms with Gasteiger partial charge in [-0.25, -0.2) is 0 Å². The van der Waals surface area contributed by atoms with Gasteiger partial charge in [0.05, 0.1) is 17.4 Å². The van der Waals surface area contributed by atoms with Crippen molar-refractivity contribution >= 4 is 39.0 Å². The molecule has 1 aliphatic carbocycles. The van der Waals surface area contributed by atoms with E-state index < -0.39 is 18.1 Å². The second-order valence-electron chi connectivity index (χ2n) is 8.60. The summed E-state index contributed by atoms with van der Waals surface area (Å²) in [7, 11) is 0. The Morgan fingerprint density at radius 1 is 0.914 bits per heavy atom.